The summed E-state index contributed by atoms with van der Waals surface area (Å²) in [5.41, 5.74) is 2.46. The van der Waals surface area contributed by atoms with Crippen LogP contribution in [0.5, 0.6) is 0 Å². The lowest BCUT2D eigenvalue weighted by atomic mass is 9.88. The van der Waals surface area contributed by atoms with Gasteiger partial charge in [0.15, 0.2) is 0 Å². The van der Waals surface area contributed by atoms with Crippen LogP contribution in [0.2, 0.25) is 0 Å². The first-order valence-electron chi connectivity index (χ1n) is 7.84. The van der Waals surface area contributed by atoms with Gasteiger partial charge in [-0.15, -0.1) is 0 Å². The Morgan fingerprint density at radius 2 is 2.00 bits per heavy atom. The van der Waals surface area contributed by atoms with Gasteiger partial charge in [0, 0.05) is 23.7 Å². The normalized spacial score (nSPS) is 28.9. The van der Waals surface area contributed by atoms with Crippen LogP contribution in [0.25, 0.3) is 0 Å². The van der Waals surface area contributed by atoms with E-state index in [4.69, 9.17) is 9.97 Å². The Morgan fingerprint density at radius 1 is 1.16 bits per heavy atom. The van der Waals surface area contributed by atoms with E-state index in [1.807, 2.05) is 0 Å². The third kappa shape index (κ3) is 2.24. The van der Waals surface area contributed by atoms with Crippen LogP contribution in [-0.4, -0.2) is 16.5 Å². The number of rotatable bonds is 4. The number of hydrogen-bond acceptors (Lipinski definition) is 3. The summed E-state index contributed by atoms with van der Waals surface area (Å²) in [5.74, 6) is 4.62. The molecule has 3 unspecified atom stereocenters. The topological polar surface area (TPSA) is 37.8 Å². The van der Waals surface area contributed by atoms with Gasteiger partial charge in [-0.3, -0.25) is 0 Å². The summed E-state index contributed by atoms with van der Waals surface area (Å²) in [6, 6.07) is 0. The lowest BCUT2D eigenvalue weighted by Gasteiger charge is -2.22. The van der Waals surface area contributed by atoms with Crippen molar-refractivity contribution in [3.63, 3.8) is 0 Å². The van der Waals surface area contributed by atoms with Gasteiger partial charge < -0.3 is 5.32 Å². The molecule has 3 rings (SSSR count). The van der Waals surface area contributed by atoms with Crippen molar-refractivity contribution >= 4 is 5.82 Å². The van der Waals surface area contributed by atoms with Crippen molar-refractivity contribution in [1.29, 1.82) is 0 Å². The molecule has 1 heterocycles. The Bertz CT molecular complexity index is 469. The van der Waals surface area contributed by atoms with Crippen LogP contribution >= 0.6 is 0 Å². The van der Waals surface area contributed by atoms with E-state index >= 15 is 0 Å². The minimum atomic E-state index is 0.626. The molecule has 3 heteroatoms. The van der Waals surface area contributed by atoms with Crippen molar-refractivity contribution in [2.24, 2.45) is 11.8 Å². The summed E-state index contributed by atoms with van der Waals surface area (Å²) < 4.78 is 0. The van der Waals surface area contributed by atoms with Gasteiger partial charge in [0.1, 0.15) is 11.6 Å². The van der Waals surface area contributed by atoms with Crippen molar-refractivity contribution in [2.45, 2.75) is 58.8 Å². The number of nitrogens with one attached hydrogen (secondary N) is 1. The van der Waals surface area contributed by atoms with E-state index in [-0.39, 0.29) is 0 Å². The number of hydrogen-bond donors (Lipinski definition) is 1. The Morgan fingerprint density at radius 3 is 2.58 bits per heavy atom. The molecule has 2 aliphatic carbocycles. The van der Waals surface area contributed by atoms with E-state index < -0.39 is 0 Å². The van der Waals surface area contributed by atoms with Gasteiger partial charge >= 0.3 is 0 Å². The molecule has 3 atom stereocenters. The van der Waals surface area contributed by atoms with Gasteiger partial charge in [-0.2, -0.15) is 0 Å². The van der Waals surface area contributed by atoms with Crippen molar-refractivity contribution in [3.05, 3.63) is 17.1 Å². The summed E-state index contributed by atoms with van der Waals surface area (Å²) in [6.45, 7) is 7.38. The zero-order chi connectivity index (χ0) is 13.4. The second kappa shape index (κ2) is 5.10. The Labute approximate surface area is 116 Å². The molecule has 1 aromatic heterocycles. The van der Waals surface area contributed by atoms with Crippen LogP contribution in [0.15, 0.2) is 0 Å². The second-order valence-corrected chi connectivity index (χ2v) is 6.16. The number of aromatic nitrogens is 2. The van der Waals surface area contributed by atoms with E-state index in [1.165, 1.54) is 36.9 Å². The standard InChI is InChI=1S/C16H25N3/c1-4-13-10(3)18-16(19-15(13)17-5-2)14-9-11-6-7-12(14)8-11/h11-12,14H,4-9H2,1-3H3,(H,17,18,19). The molecule has 0 radical (unpaired) electrons. The van der Waals surface area contributed by atoms with Gasteiger partial charge in [-0.1, -0.05) is 13.3 Å². The van der Waals surface area contributed by atoms with E-state index in [1.54, 1.807) is 0 Å². The summed E-state index contributed by atoms with van der Waals surface area (Å²) in [7, 11) is 0. The minimum Gasteiger partial charge on any atom is -0.370 e. The Balaban J connectivity index is 1.93. The molecule has 1 aromatic rings. The van der Waals surface area contributed by atoms with Crippen LogP contribution in [0.3, 0.4) is 0 Å². The predicted molar refractivity (Wildman–Crippen MR) is 78.5 cm³/mol. The van der Waals surface area contributed by atoms with E-state index in [0.29, 0.717) is 5.92 Å². The fourth-order valence-corrected chi connectivity index (χ4v) is 4.08. The summed E-state index contributed by atoms with van der Waals surface area (Å²) >= 11 is 0. The zero-order valence-corrected chi connectivity index (χ0v) is 12.4. The van der Waals surface area contributed by atoms with Crippen molar-refractivity contribution in [2.75, 3.05) is 11.9 Å². The minimum absolute atomic E-state index is 0.626. The van der Waals surface area contributed by atoms with Gasteiger partial charge in [0.05, 0.1) is 0 Å². The molecule has 0 aliphatic heterocycles. The lowest BCUT2D eigenvalue weighted by Crippen LogP contribution is -2.16. The van der Waals surface area contributed by atoms with E-state index in [0.717, 1.165) is 36.4 Å². The maximum Gasteiger partial charge on any atom is 0.134 e. The first-order chi connectivity index (χ1) is 9.22. The average Bonchev–Trinajstić information content (AvgIpc) is 3.01. The van der Waals surface area contributed by atoms with Gasteiger partial charge in [0.25, 0.3) is 0 Å². The number of fused-ring (bicyclic) bond motifs is 2. The molecule has 3 nitrogen and oxygen atoms in total. The molecule has 19 heavy (non-hydrogen) atoms. The Kier molecular flexibility index (Phi) is 3.46. The van der Waals surface area contributed by atoms with Crippen LogP contribution < -0.4 is 5.32 Å². The van der Waals surface area contributed by atoms with E-state index in [2.05, 4.69) is 26.1 Å². The third-order valence-electron chi connectivity index (χ3n) is 5.00. The molecule has 2 saturated carbocycles. The number of anilines is 1. The van der Waals surface area contributed by atoms with Crippen molar-refractivity contribution in [3.8, 4) is 0 Å². The maximum atomic E-state index is 4.87. The fourth-order valence-electron chi connectivity index (χ4n) is 4.08. The molecule has 0 amide bonds. The molecule has 2 fully saturated rings. The third-order valence-corrected chi connectivity index (χ3v) is 5.00. The highest BCUT2D eigenvalue weighted by molar-refractivity contribution is 5.46. The molecular weight excluding hydrogens is 234 g/mol. The first kappa shape index (κ1) is 12.9. The molecule has 1 N–H and O–H groups in total. The van der Waals surface area contributed by atoms with Gasteiger partial charge in [-0.05, 0) is 51.4 Å². The predicted octanol–water partition coefficient (Wildman–Crippen LogP) is 3.68. The molecule has 0 saturated heterocycles. The van der Waals surface area contributed by atoms with Crippen LogP contribution in [0.1, 0.15) is 62.5 Å². The summed E-state index contributed by atoms with van der Waals surface area (Å²) in [5, 5.41) is 3.42. The molecule has 104 valence electrons. The summed E-state index contributed by atoms with van der Waals surface area (Å²) in [6.07, 6.45) is 6.57. The monoisotopic (exact) mass is 259 g/mol. The molecular formula is C16H25N3. The zero-order valence-electron chi connectivity index (χ0n) is 12.4. The van der Waals surface area contributed by atoms with Gasteiger partial charge in [-0.25, -0.2) is 9.97 Å². The quantitative estimate of drug-likeness (QED) is 0.896. The maximum absolute atomic E-state index is 4.87. The number of aryl methyl sites for hydroxylation is 1. The fraction of sp³-hybridized carbons (Fsp3) is 0.750. The van der Waals surface area contributed by atoms with Crippen LogP contribution in [0.4, 0.5) is 5.82 Å². The van der Waals surface area contributed by atoms with Crippen LogP contribution in [-0.2, 0) is 6.42 Å². The van der Waals surface area contributed by atoms with Crippen molar-refractivity contribution < 1.29 is 0 Å². The largest absolute Gasteiger partial charge is 0.370 e. The first-order valence-corrected chi connectivity index (χ1v) is 7.84. The number of nitrogens with zero attached hydrogens (tertiary/aromatic N) is 2. The van der Waals surface area contributed by atoms with Gasteiger partial charge in [0.2, 0.25) is 0 Å². The average molecular weight is 259 g/mol. The highest BCUT2D eigenvalue weighted by Gasteiger charge is 2.41. The smallest absolute Gasteiger partial charge is 0.134 e. The summed E-state index contributed by atoms with van der Waals surface area (Å²) in [4.78, 5) is 9.71. The Hall–Kier alpha value is -1.12. The molecule has 0 spiro atoms. The molecule has 2 aliphatic rings. The van der Waals surface area contributed by atoms with Crippen molar-refractivity contribution in [1.82, 2.24) is 9.97 Å². The highest BCUT2D eigenvalue weighted by Crippen LogP contribution is 2.52. The SMILES string of the molecule is CCNc1nc(C2CC3CCC2C3)nc(C)c1CC. The highest BCUT2D eigenvalue weighted by atomic mass is 15.0. The van der Waals surface area contributed by atoms with E-state index in [9.17, 15) is 0 Å². The van der Waals surface area contributed by atoms with Crippen LogP contribution in [0, 0.1) is 18.8 Å². The molecule has 0 aromatic carbocycles. The molecule has 2 bridgehead atoms. The second-order valence-electron chi connectivity index (χ2n) is 6.16. The lowest BCUT2D eigenvalue weighted by molar-refractivity contribution is 0.405.